The average molecular weight is 290 g/mol. The molecule has 101 valence electrons. The lowest BCUT2D eigenvalue weighted by Crippen LogP contribution is -2.13. The summed E-state index contributed by atoms with van der Waals surface area (Å²) in [6, 6.07) is 1.26. The fourth-order valence-electron chi connectivity index (χ4n) is 1.45. The maximum atomic E-state index is 12.6. The molecule has 0 unspecified atom stereocenters. The molecule has 0 bridgehead atoms. The molecule has 1 radical (unpaired) electrons. The topological polar surface area (TPSA) is 0 Å². The summed E-state index contributed by atoms with van der Waals surface area (Å²) in [5.74, 6) is 0. The maximum absolute atomic E-state index is 12.6. The van der Waals surface area contributed by atoms with Crippen LogP contribution in [0.1, 0.15) is 23.1 Å². The van der Waals surface area contributed by atoms with Gasteiger partial charge in [-0.1, -0.05) is 18.5 Å². The zero-order valence-corrected chi connectivity index (χ0v) is 9.68. The third-order valence-corrected chi connectivity index (χ3v) is 2.62. The first-order valence-electron chi connectivity index (χ1n) is 4.83. The highest BCUT2D eigenvalue weighted by Crippen LogP contribution is 2.43. The monoisotopic (exact) mass is 289 g/mol. The van der Waals surface area contributed by atoms with Gasteiger partial charge in [-0.25, -0.2) is 0 Å². The van der Waals surface area contributed by atoms with Crippen LogP contribution in [-0.4, -0.2) is 0 Å². The van der Waals surface area contributed by atoms with E-state index < -0.39 is 28.5 Å². The molecular weight excluding hydrogens is 282 g/mol. The number of aryl methyl sites for hydroxylation is 1. The van der Waals surface area contributed by atoms with Crippen molar-refractivity contribution in [3.8, 4) is 0 Å². The molecule has 0 fully saturated rings. The Kier molecular flexibility index (Phi) is 4.20. The average Bonchev–Trinajstić information content (AvgIpc) is 2.17. The van der Waals surface area contributed by atoms with Crippen LogP contribution in [0.3, 0.4) is 0 Å². The minimum atomic E-state index is -4.92. The zero-order valence-electron chi connectivity index (χ0n) is 8.92. The number of benzene rings is 1. The first-order chi connectivity index (χ1) is 8.07. The molecule has 1 rings (SSSR count). The van der Waals surface area contributed by atoms with Gasteiger partial charge in [-0.15, -0.1) is 0 Å². The molecule has 0 amide bonds. The quantitative estimate of drug-likeness (QED) is 0.661. The SMILES string of the molecule is [CH2]CCc1cc(C(F)(F)F)c(Cl)c(C(F)(F)F)c1. The molecule has 1 aromatic rings. The third kappa shape index (κ3) is 3.31. The van der Waals surface area contributed by atoms with Crippen LogP contribution in [0.2, 0.25) is 5.02 Å². The standard InChI is InChI=1S/C11H8ClF6/c1-2-3-6-4-7(10(13,14)15)9(12)8(5-6)11(16,17)18/h4-5H,1-3H2. The van der Waals surface area contributed by atoms with E-state index in [-0.39, 0.29) is 18.4 Å². The molecule has 18 heavy (non-hydrogen) atoms. The van der Waals surface area contributed by atoms with E-state index in [1.807, 2.05) is 0 Å². The van der Waals surface area contributed by atoms with Crippen molar-refractivity contribution in [1.29, 1.82) is 0 Å². The highest BCUT2D eigenvalue weighted by molar-refractivity contribution is 6.32. The second-order valence-electron chi connectivity index (χ2n) is 3.60. The summed E-state index contributed by atoms with van der Waals surface area (Å²) in [7, 11) is 0. The van der Waals surface area contributed by atoms with E-state index in [0.717, 1.165) is 0 Å². The van der Waals surface area contributed by atoms with Crippen molar-refractivity contribution in [2.75, 3.05) is 0 Å². The molecule has 0 aliphatic rings. The van der Waals surface area contributed by atoms with E-state index in [1.165, 1.54) is 0 Å². The van der Waals surface area contributed by atoms with Gasteiger partial charge >= 0.3 is 12.4 Å². The number of rotatable bonds is 2. The number of halogens is 7. The molecular formula is C11H8ClF6. The Morgan fingerprint density at radius 1 is 0.944 bits per heavy atom. The third-order valence-electron chi connectivity index (χ3n) is 2.21. The van der Waals surface area contributed by atoms with Gasteiger partial charge in [0, 0.05) is 0 Å². The highest BCUT2D eigenvalue weighted by Gasteiger charge is 2.40. The van der Waals surface area contributed by atoms with Gasteiger partial charge in [0.2, 0.25) is 0 Å². The first kappa shape index (κ1) is 15.1. The normalized spacial score (nSPS) is 12.9. The summed E-state index contributed by atoms with van der Waals surface area (Å²) in [5.41, 5.74) is -3.03. The molecule has 0 saturated heterocycles. The molecule has 0 heterocycles. The Bertz CT molecular complexity index is 397. The smallest absolute Gasteiger partial charge is 0.166 e. The van der Waals surface area contributed by atoms with E-state index in [0.29, 0.717) is 12.1 Å². The first-order valence-corrected chi connectivity index (χ1v) is 5.21. The second kappa shape index (κ2) is 4.99. The zero-order chi connectivity index (χ0) is 14.1. The Hall–Kier alpha value is -0.910. The molecule has 0 atom stereocenters. The Labute approximate surface area is 105 Å². The van der Waals surface area contributed by atoms with Gasteiger partial charge in [0.05, 0.1) is 16.1 Å². The van der Waals surface area contributed by atoms with Crippen molar-refractivity contribution in [1.82, 2.24) is 0 Å². The van der Waals surface area contributed by atoms with Gasteiger partial charge in [0.25, 0.3) is 0 Å². The largest absolute Gasteiger partial charge is 0.417 e. The minimum Gasteiger partial charge on any atom is -0.166 e. The summed E-state index contributed by atoms with van der Waals surface area (Å²) in [4.78, 5) is 0. The Balaban J connectivity index is 3.48. The molecule has 0 N–H and O–H groups in total. The van der Waals surface area contributed by atoms with Crippen LogP contribution in [0.25, 0.3) is 0 Å². The van der Waals surface area contributed by atoms with Crippen LogP contribution in [0, 0.1) is 6.92 Å². The molecule has 0 aliphatic carbocycles. The molecule has 0 nitrogen and oxygen atoms in total. The van der Waals surface area contributed by atoms with E-state index in [9.17, 15) is 26.3 Å². The molecule has 7 heteroatoms. The summed E-state index contributed by atoms with van der Waals surface area (Å²) in [6.07, 6.45) is -9.64. The van der Waals surface area contributed by atoms with Crippen LogP contribution >= 0.6 is 11.6 Å². The van der Waals surface area contributed by atoms with Crippen LogP contribution in [0.5, 0.6) is 0 Å². The number of alkyl halides is 6. The molecule has 1 aromatic carbocycles. The van der Waals surface area contributed by atoms with Gasteiger partial charge in [0.15, 0.2) is 0 Å². The van der Waals surface area contributed by atoms with Crippen molar-refractivity contribution < 1.29 is 26.3 Å². The molecule has 0 saturated carbocycles. The van der Waals surface area contributed by atoms with Crippen molar-refractivity contribution in [3.63, 3.8) is 0 Å². The summed E-state index contributed by atoms with van der Waals surface area (Å²) in [6.45, 7) is 3.39. The van der Waals surface area contributed by atoms with Gasteiger partial charge in [-0.05, 0) is 30.5 Å². The molecule has 0 aromatic heterocycles. The van der Waals surface area contributed by atoms with E-state index in [1.54, 1.807) is 0 Å². The van der Waals surface area contributed by atoms with E-state index in [2.05, 4.69) is 6.92 Å². The summed E-state index contributed by atoms with van der Waals surface area (Å²) in [5, 5.41) is -1.32. The summed E-state index contributed by atoms with van der Waals surface area (Å²) >= 11 is 5.19. The lowest BCUT2D eigenvalue weighted by Gasteiger charge is -2.16. The van der Waals surface area contributed by atoms with Crippen molar-refractivity contribution >= 4 is 11.6 Å². The predicted molar refractivity (Wildman–Crippen MR) is 55.1 cm³/mol. The van der Waals surface area contributed by atoms with Crippen molar-refractivity contribution in [2.45, 2.75) is 25.2 Å². The van der Waals surface area contributed by atoms with Crippen LogP contribution < -0.4 is 0 Å². The van der Waals surface area contributed by atoms with Crippen molar-refractivity contribution in [3.05, 3.63) is 40.8 Å². The Morgan fingerprint density at radius 2 is 1.33 bits per heavy atom. The second-order valence-corrected chi connectivity index (χ2v) is 3.98. The molecule has 0 aliphatic heterocycles. The summed E-state index contributed by atoms with van der Waals surface area (Å²) < 4.78 is 75.4. The minimum absolute atomic E-state index is 0.0172. The van der Waals surface area contributed by atoms with E-state index in [4.69, 9.17) is 11.6 Å². The van der Waals surface area contributed by atoms with Crippen LogP contribution in [0.4, 0.5) is 26.3 Å². The van der Waals surface area contributed by atoms with Gasteiger partial charge in [-0.2, -0.15) is 26.3 Å². The highest BCUT2D eigenvalue weighted by atomic mass is 35.5. The number of hydrogen-bond donors (Lipinski definition) is 0. The maximum Gasteiger partial charge on any atom is 0.417 e. The fraction of sp³-hybridized carbons (Fsp3) is 0.364. The predicted octanol–water partition coefficient (Wildman–Crippen LogP) is 5.14. The van der Waals surface area contributed by atoms with Crippen molar-refractivity contribution in [2.24, 2.45) is 0 Å². The lowest BCUT2D eigenvalue weighted by atomic mass is 10.0. The van der Waals surface area contributed by atoms with Gasteiger partial charge < -0.3 is 0 Å². The lowest BCUT2D eigenvalue weighted by molar-refractivity contribution is -0.142. The number of hydrogen-bond acceptors (Lipinski definition) is 0. The fourth-order valence-corrected chi connectivity index (χ4v) is 1.77. The van der Waals surface area contributed by atoms with Crippen LogP contribution in [-0.2, 0) is 18.8 Å². The Morgan fingerprint density at radius 3 is 1.61 bits per heavy atom. The van der Waals surface area contributed by atoms with Crippen LogP contribution in [0.15, 0.2) is 12.1 Å². The van der Waals surface area contributed by atoms with E-state index >= 15 is 0 Å². The van der Waals surface area contributed by atoms with Gasteiger partial charge in [0.1, 0.15) is 0 Å². The van der Waals surface area contributed by atoms with Gasteiger partial charge in [-0.3, -0.25) is 0 Å². The molecule has 0 spiro atoms.